The second-order valence-corrected chi connectivity index (χ2v) is 11.2. The minimum absolute atomic E-state index is 0.0346. The molecule has 2 amide bonds. The molecule has 0 aliphatic rings. The maximum absolute atomic E-state index is 15.0. The monoisotopic (exact) mass is 610 g/mol. The molecule has 4 heterocycles. The summed E-state index contributed by atoms with van der Waals surface area (Å²) >= 11 is 0. The van der Waals surface area contributed by atoms with Crippen LogP contribution in [0.15, 0.2) is 59.7 Å². The Labute approximate surface area is 257 Å². The second kappa shape index (κ2) is 12.1. The molecule has 5 aromatic rings. The largest absolute Gasteiger partial charge is 0.394 e. The van der Waals surface area contributed by atoms with Gasteiger partial charge in [-0.2, -0.15) is 15.3 Å². The van der Waals surface area contributed by atoms with Gasteiger partial charge in [-0.1, -0.05) is 19.9 Å². The molecule has 4 aromatic heterocycles. The second-order valence-electron chi connectivity index (χ2n) is 11.2. The third kappa shape index (κ3) is 6.06. The highest BCUT2D eigenvalue weighted by atomic mass is 19.1. The summed E-state index contributed by atoms with van der Waals surface area (Å²) in [7, 11) is 1.65. The van der Waals surface area contributed by atoms with Crippen LogP contribution in [-0.4, -0.2) is 54.1 Å². The summed E-state index contributed by atoms with van der Waals surface area (Å²) in [6.07, 6.45) is 3.01. The van der Waals surface area contributed by atoms with Crippen LogP contribution in [0.4, 0.5) is 26.6 Å². The molecule has 0 aliphatic heterocycles. The average molecular weight is 611 g/mol. The van der Waals surface area contributed by atoms with E-state index in [4.69, 9.17) is 5.26 Å². The standard InChI is InChI=1S/C31H31FN10O3/c1-17(2)24-12-26(42(40-24)21-8-7-20(13-33)35-15-21)38-30(45)37-25-11-18(6-9-23(25)32)22-10-19-14-36-29(34-5)39-27(19)41(28(22)44)31(3,4)16-43/h6-12,14-15,17,43H,16H2,1-5H3,(H,34,36,39)(H2,37,38,45). The molecule has 0 fully saturated rings. The van der Waals surface area contributed by atoms with Crippen LogP contribution in [0.2, 0.25) is 0 Å². The van der Waals surface area contributed by atoms with Gasteiger partial charge >= 0.3 is 6.03 Å². The summed E-state index contributed by atoms with van der Waals surface area (Å²) in [5.74, 6) is -0.0923. The smallest absolute Gasteiger partial charge is 0.324 e. The minimum Gasteiger partial charge on any atom is -0.394 e. The number of fused-ring (bicyclic) bond motifs is 1. The Morgan fingerprint density at radius 2 is 1.89 bits per heavy atom. The van der Waals surface area contributed by atoms with E-state index in [1.54, 1.807) is 45.3 Å². The average Bonchev–Trinajstić information content (AvgIpc) is 3.45. The van der Waals surface area contributed by atoms with E-state index < -0.39 is 22.9 Å². The molecule has 14 heteroatoms. The van der Waals surface area contributed by atoms with Gasteiger partial charge in [-0.3, -0.25) is 14.7 Å². The first-order valence-electron chi connectivity index (χ1n) is 14.0. The lowest BCUT2D eigenvalue weighted by atomic mass is 10.0. The number of halogens is 1. The highest BCUT2D eigenvalue weighted by Crippen LogP contribution is 2.28. The number of aliphatic hydroxyl groups is 1. The van der Waals surface area contributed by atoms with Crippen LogP contribution in [0, 0.1) is 17.1 Å². The molecular weight excluding hydrogens is 579 g/mol. The van der Waals surface area contributed by atoms with Crippen molar-refractivity contribution in [2.75, 3.05) is 29.6 Å². The van der Waals surface area contributed by atoms with Crippen molar-refractivity contribution in [3.63, 3.8) is 0 Å². The van der Waals surface area contributed by atoms with E-state index in [0.29, 0.717) is 39.7 Å². The zero-order valence-corrected chi connectivity index (χ0v) is 25.3. The predicted octanol–water partition coefficient (Wildman–Crippen LogP) is 4.59. The summed E-state index contributed by atoms with van der Waals surface area (Å²) in [4.78, 5) is 39.8. The number of hydrogen-bond acceptors (Lipinski definition) is 9. The topological polar surface area (TPSA) is 176 Å². The number of nitriles is 1. The van der Waals surface area contributed by atoms with Crippen LogP contribution in [-0.2, 0) is 5.54 Å². The maximum atomic E-state index is 15.0. The van der Waals surface area contributed by atoms with Crippen LogP contribution >= 0.6 is 0 Å². The van der Waals surface area contributed by atoms with Gasteiger partial charge in [0.2, 0.25) is 5.95 Å². The highest BCUT2D eigenvalue weighted by Gasteiger charge is 2.26. The number of pyridine rings is 2. The van der Waals surface area contributed by atoms with E-state index >= 15 is 4.39 Å². The third-order valence-corrected chi connectivity index (χ3v) is 7.15. The summed E-state index contributed by atoms with van der Waals surface area (Å²) < 4.78 is 17.9. The zero-order valence-electron chi connectivity index (χ0n) is 25.3. The Bertz CT molecular complexity index is 2010. The normalized spacial score (nSPS) is 11.4. The number of rotatable bonds is 8. The van der Waals surface area contributed by atoms with Crippen molar-refractivity contribution in [3.8, 4) is 22.9 Å². The minimum atomic E-state index is -1.03. The first-order chi connectivity index (χ1) is 21.4. The molecule has 230 valence electrons. The number of nitrogens with one attached hydrogen (secondary N) is 3. The van der Waals surface area contributed by atoms with Crippen molar-refractivity contribution in [2.45, 2.75) is 39.2 Å². The molecule has 4 N–H and O–H groups in total. The first kappa shape index (κ1) is 30.8. The van der Waals surface area contributed by atoms with Gasteiger partial charge in [-0.15, -0.1) is 0 Å². The summed E-state index contributed by atoms with van der Waals surface area (Å²) in [5.41, 5.74) is 0.590. The molecule has 13 nitrogen and oxygen atoms in total. The Kier molecular flexibility index (Phi) is 8.30. The number of amides is 2. The molecule has 0 saturated carbocycles. The fourth-order valence-corrected chi connectivity index (χ4v) is 4.66. The van der Waals surface area contributed by atoms with Gasteiger partial charge in [0, 0.05) is 30.3 Å². The van der Waals surface area contributed by atoms with Gasteiger partial charge in [-0.25, -0.2) is 23.8 Å². The number of carbonyl (C=O) groups excluding carboxylic acids is 1. The molecule has 5 rings (SSSR count). The van der Waals surface area contributed by atoms with Gasteiger partial charge in [-0.05, 0) is 55.7 Å². The van der Waals surface area contributed by atoms with Crippen LogP contribution in [0.5, 0.6) is 0 Å². The maximum Gasteiger partial charge on any atom is 0.324 e. The van der Waals surface area contributed by atoms with E-state index in [1.807, 2.05) is 19.9 Å². The number of anilines is 3. The van der Waals surface area contributed by atoms with Gasteiger partial charge in [0.15, 0.2) is 0 Å². The quantitative estimate of drug-likeness (QED) is 0.196. The molecule has 0 spiro atoms. The molecular formula is C31H31FN10O3. The van der Waals surface area contributed by atoms with Crippen molar-refractivity contribution in [1.29, 1.82) is 5.26 Å². The van der Waals surface area contributed by atoms with Gasteiger partial charge in [0.1, 0.15) is 29.0 Å². The molecule has 0 radical (unpaired) electrons. The summed E-state index contributed by atoms with van der Waals surface area (Å²) in [6.45, 7) is 6.94. The SMILES string of the molecule is CNc1ncc2cc(-c3ccc(F)c(NC(=O)Nc4cc(C(C)C)nn4-c4ccc(C#N)nc4)c3)c(=O)n(C(C)(C)CO)c2n1. The first-order valence-corrected chi connectivity index (χ1v) is 14.0. The zero-order chi connectivity index (χ0) is 32.5. The van der Waals surface area contributed by atoms with Crippen molar-refractivity contribution in [2.24, 2.45) is 0 Å². The Hall–Kier alpha value is -5.68. The molecule has 45 heavy (non-hydrogen) atoms. The lowest BCUT2D eigenvalue weighted by Crippen LogP contribution is -2.40. The van der Waals surface area contributed by atoms with Gasteiger partial charge in [0.25, 0.3) is 5.56 Å². The fourth-order valence-electron chi connectivity index (χ4n) is 4.66. The Balaban J connectivity index is 1.51. The Morgan fingerprint density at radius 3 is 2.53 bits per heavy atom. The van der Waals surface area contributed by atoms with Crippen LogP contribution in [0.1, 0.15) is 45.0 Å². The summed E-state index contributed by atoms with van der Waals surface area (Å²) in [5, 5.41) is 32.4. The fraction of sp³-hybridized carbons (Fsp3) is 0.258. The van der Waals surface area contributed by atoms with Crippen molar-refractivity contribution < 1.29 is 14.3 Å². The number of aliphatic hydroxyl groups excluding tert-OH is 1. The number of carbonyl (C=O) groups is 1. The number of benzene rings is 1. The lowest BCUT2D eigenvalue weighted by molar-refractivity contribution is 0.164. The molecule has 0 saturated heterocycles. The van der Waals surface area contributed by atoms with Crippen molar-refractivity contribution in [1.82, 2.24) is 29.3 Å². The van der Waals surface area contributed by atoms with E-state index in [2.05, 4.69) is 36.0 Å². The van der Waals surface area contributed by atoms with E-state index in [9.17, 15) is 14.7 Å². The van der Waals surface area contributed by atoms with E-state index in [0.717, 1.165) is 6.07 Å². The van der Waals surface area contributed by atoms with Gasteiger partial charge in [0.05, 0.1) is 35.4 Å². The number of nitrogens with zero attached hydrogens (tertiary/aromatic N) is 7. The highest BCUT2D eigenvalue weighted by molar-refractivity contribution is 6.00. The Morgan fingerprint density at radius 1 is 1.11 bits per heavy atom. The molecule has 0 aliphatic carbocycles. The van der Waals surface area contributed by atoms with Crippen LogP contribution in [0.3, 0.4) is 0 Å². The number of urea groups is 1. The van der Waals surface area contributed by atoms with Crippen molar-refractivity contribution >= 4 is 34.5 Å². The summed E-state index contributed by atoms with van der Waals surface area (Å²) in [6, 6.07) is 11.6. The van der Waals surface area contributed by atoms with Crippen LogP contribution in [0.25, 0.3) is 27.8 Å². The molecule has 1 aromatic carbocycles. The van der Waals surface area contributed by atoms with E-state index in [-0.39, 0.29) is 29.5 Å². The van der Waals surface area contributed by atoms with Crippen molar-refractivity contribution in [3.05, 3.63) is 82.4 Å². The van der Waals surface area contributed by atoms with Gasteiger partial charge < -0.3 is 15.7 Å². The third-order valence-electron chi connectivity index (χ3n) is 7.15. The number of hydrogen-bond donors (Lipinski definition) is 4. The van der Waals surface area contributed by atoms with E-state index in [1.165, 1.54) is 33.6 Å². The lowest BCUT2D eigenvalue weighted by Gasteiger charge is -2.27. The predicted molar refractivity (Wildman–Crippen MR) is 168 cm³/mol. The molecule has 0 bridgehead atoms. The molecule has 0 atom stereocenters. The number of aromatic nitrogens is 6. The van der Waals surface area contributed by atoms with Crippen LogP contribution < -0.4 is 21.5 Å². The molecule has 0 unspecified atom stereocenters.